The largest absolute Gasteiger partial charge is 0.493 e. The highest BCUT2D eigenvalue weighted by atomic mass is 16.5. The lowest BCUT2D eigenvalue weighted by Gasteiger charge is -2.30. The molecule has 178 valence electrons. The number of hydrazine groups is 1. The Morgan fingerprint density at radius 1 is 1.09 bits per heavy atom. The van der Waals surface area contributed by atoms with Crippen molar-refractivity contribution in [1.82, 2.24) is 15.8 Å². The van der Waals surface area contributed by atoms with E-state index in [1.807, 2.05) is 24.3 Å². The summed E-state index contributed by atoms with van der Waals surface area (Å²) >= 11 is 0. The van der Waals surface area contributed by atoms with Crippen molar-refractivity contribution in [2.45, 2.75) is 26.3 Å². The number of nitrogens with one attached hydrogen (secondary N) is 3. The van der Waals surface area contributed by atoms with Crippen LogP contribution in [0.4, 0.5) is 10.5 Å². The Morgan fingerprint density at radius 3 is 2.53 bits per heavy atom. The van der Waals surface area contributed by atoms with Crippen LogP contribution < -0.4 is 26.5 Å². The minimum absolute atomic E-state index is 0.238. The summed E-state index contributed by atoms with van der Waals surface area (Å²) in [7, 11) is 1.46. The van der Waals surface area contributed by atoms with Crippen molar-refractivity contribution in [2.24, 2.45) is 5.92 Å². The molecule has 2 heterocycles. The zero-order chi connectivity index (χ0) is 24.1. The summed E-state index contributed by atoms with van der Waals surface area (Å²) in [5, 5.41) is 3.17. The van der Waals surface area contributed by atoms with E-state index in [2.05, 4.69) is 28.0 Å². The van der Waals surface area contributed by atoms with Gasteiger partial charge in [-0.15, -0.1) is 0 Å². The first-order chi connectivity index (χ1) is 16.4. The molecule has 1 aromatic heterocycles. The molecule has 3 aromatic rings. The van der Waals surface area contributed by atoms with Gasteiger partial charge in [0.25, 0.3) is 5.91 Å². The van der Waals surface area contributed by atoms with Crippen molar-refractivity contribution in [1.29, 1.82) is 0 Å². The Kier molecular flexibility index (Phi) is 7.12. The quantitative estimate of drug-likeness (QED) is 0.394. The van der Waals surface area contributed by atoms with E-state index in [0.717, 1.165) is 25.6 Å². The maximum atomic E-state index is 12.4. The summed E-state index contributed by atoms with van der Waals surface area (Å²) in [4.78, 5) is 39.3. The molecule has 9 nitrogen and oxygen atoms in total. The molecule has 1 fully saturated rings. The summed E-state index contributed by atoms with van der Waals surface area (Å²) in [6, 6.07) is 13.4. The first-order valence-electron chi connectivity index (χ1n) is 11.2. The van der Waals surface area contributed by atoms with Gasteiger partial charge in [0, 0.05) is 17.6 Å². The average Bonchev–Trinajstić information content (AvgIpc) is 2.84. The van der Waals surface area contributed by atoms with E-state index in [1.54, 1.807) is 18.2 Å². The normalized spacial score (nSPS) is 14.5. The van der Waals surface area contributed by atoms with Crippen molar-refractivity contribution in [3.8, 4) is 5.75 Å². The number of methoxy groups -OCH3 is 1. The smallest absolute Gasteiger partial charge is 0.349 e. The van der Waals surface area contributed by atoms with E-state index in [4.69, 9.17) is 9.15 Å². The fourth-order valence-electron chi connectivity index (χ4n) is 3.95. The predicted octanol–water partition coefficient (Wildman–Crippen LogP) is 3.50. The zero-order valence-corrected chi connectivity index (χ0v) is 19.2. The maximum Gasteiger partial charge on any atom is 0.349 e. The topological polar surface area (TPSA) is 113 Å². The van der Waals surface area contributed by atoms with Crippen LogP contribution in [-0.2, 0) is 6.54 Å². The Hall–Kier alpha value is -3.85. The van der Waals surface area contributed by atoms with E-state index < -0.39 is 17.6 Å². The van der Waals surface area contributed by atoms with Gasteiger partial charge >= 0.3 is 11.7 Å². The molecule has 0 saturated carbocycles. The summed E-state index contributed by atoms with van der Waals surface area (Å²) in [5.74, 6) is 0.386. The molecule has 9 heteroatoms. The van der Waals surface area contributed by atoms with Gasteiger partial charge < -0.3 is 14.5 Å². The van der Waals surface area contributed by atoms with Crippen LogP contribution in [0.15, 0.2) is 57.7 Å². The summed E-state index contributed by atoms with van der Waals surface area (Å²) in [5.41, 5.74) is 5.40. The lowest BCUT2D eigenvalue weighted by Crippen LogP contribution is -2.45. The number of hydrogen-bond acceptors (Lipinski definition) is 6. The number of amides is 3. The van der Waals surface area contributed by atoms with Gasteiger partial charge in [-0.1, -0.05) is 31.2 Å². The molecule has 0 aliphatic carbocycles. The predicted molar refractivity (Wildman–Crippen MR) is 129 cm³/mol. The summed E-state index contributed by atoms with van der Waals surface area (Å²) < 4.78 is 10.4. The van der Waals surface area contributed by atoms with Gasteiger partial charge in [0.1, 0.15) is 5.56 Å². The molecule has 4 rings (SSSR count). The van der Waals surface area contributed by atoms with Gasteiger partial charge in [-0.3, -0.25) is 15.1 Å². The van der Waals surface area contributed by atoms with Crippen LogP contribution in [0.5, 0.6) is 5.75 Å². The molecule has 1 aliphatic rings. The number of para-hydroxylation sites is 1. The second-order valence-corrected chi connectivity index (χ2v) is 8.51. The van der Waals surface area contributed by atoms with Crippen molar-refractivity contribution in [3.63, 3.8) is 0 Å². The molecule has 34 heavy (non-hydrogen) atoms. The third-order valence-electron chi connectivity index (χ3n) is 5.97. The van der Waals surface area contributed by atoms with Crippen LogP contribution in [0.1, 0.15) is 35.7 Å². The summed E-state index contributed by atoms with van der Waals surface area (Å²) in [6.45, 7) is 5.38. The van der Waals surface area contributed by atoms with Gasteiger partial charge in [0.05, 0.1) is 7.11 Å². The second kappa shape index (κ2) is 10.4. The van der Waals surface area contributed by atoms with Gasteiger partial charge in [-0.25, -0.2) is 15.0 Å². The molecule has 3 N–H and O–H groups in total. The first kappa shape index (κ1) is 23.3. The number of benzene rings is 2. The number of fused-ring (bicyclic) bond motifs is 1. The summed E-state index contributed by atoms with van der Waals surface area (Å²) in [6.07, 6.45) is 2.45. The van der Waals surface area contributed by atoms with Gasteiger partial charge in [0.15, 0.2) is 11.3 Å². The van der Waals surface area contributed by atoms with Crippen LogP contribution in [0.2, 0.25) is 0 Å². The number of carbonyl (C=O) groups is 2. The van der Waals surface area contributed by atoms with Crippen LogP contribution >= 0.6 is 0 Å². The SMILES string of the molecule is COc1cccc2cc(C(=O)NNC(=O)Nc3ccc(CN4CCC(C)CC4)cc3)c(=O)oc12. The number of ether oxygens (including phenoxy) is 1. The van der Waals surface area contributed by atoms with E-state index >= 15 is 0 Å². The number of piperidine rings is 1. The highest BCUT2D eigenvalue weighted by Gasteiger charge is 2.17. The first-order valence-corrected chi connectivity index (χ1v) is 11.2. The highest BCUT2D eigenvalue weighted by molar-refractivity contribution is 5.99. The molecule has 0 unspecified atom stereocenters. The molecular weight excluding hydrogens is 436 g/mol. The number of anilines is 1. The van der Waals surface area contributed by atoms with Gasteiger partial charge in [0.2, 0.25) is 0 Å². The van der Waals surface area contributed by atoms with Crippen molar-refractivity contribution in [2.75, 3.05) is 25.5 Å². The van der Waals surface area contributed by atoms with E-state index in [1.165, 1.54) is 31.6 Å². The number of likely N-dealkylation sites (tertiary alicyclic amines) is 1. The standard InChI is InChI=1S/C25H28N4O5/c1-16-10-12-29(13-11-16)15-17-6-8-19(9-7-17)26-25(32)28-27-23(30)20-14-18-4-3-5-21(33-2)22(18)34-24(20)31/h3-9,14,16H,10-13,15H2,1-2H3,(H,27,30)(H2,26,28,32). The van der Waals surface area contributed by atoms with Crippen molar-refractivity contribution >= 4 is 28.6 Å². The Morgan fingerprint density at radius 2 is 1.82 bits per heavy atom. The fraction of sp³-hybridized carbons (Fsp3) is 0.320. The second-order valence-electron chi connectivity index (χ2n) is 8.51. The molecule has 1 aliphatic heterocycles. The van der Waals surface area contributed by atoms with E-state index in [0.29, 0.717) is 16.8 Å². The molecule has 3 amide bonds. The number of rotatable bonds is 5. The molecular formula is C25H28N4O5. The van der Waals surface area contributed by atoms with Gasteiger partial charge in [-0.2, -0.15) is 0 Å². The number of urea groups is 1. The third kappa shape index (κ3) is 5.55. The monoisotopic (exact) mass is 464 g/mol. The zero-order valence-electron chi connectivity index (χ0n) is 19.2. The number of nitrogens with zero attached hydrogens (tertiary/aromatic N) is 1. The van der Waals surface area contributed by atoms with Crippen LogP contribution in [0, 0.1) is 5.92 Å². The molecule has 1 saturated heterocycles. The van der Waals surface area contributed by atoms with Gasteiger partial charge in [-0.05, 0) is 61.7 Å². The lowest BCUT2D eigenvalue weighted by molar-refractivity contribution is 0.0934. The molecule has 0 spiro atoms. The molecule has 0 atom stereocenters. The number of hydrogen-bond donors (Lipinski definition) is 3. The molecule has 2 aromatic carbocycles. The van der Waals surface area contributed by atoms with Crippen LogP contribution in [0.25, 0.3) is 11.0 Å². The molecule has 0 bridgehead atoms. The number of carbonyl (C=O) groups excluding carboxylic acids is 2. The lowest BCUT2D eigenvalue weighted by atomic mass is 9.99. The third-order valence-corrected chi connectivity index (χ3v) is 5.97. The van der Waals surface area contributed by atoms with E-state index in [9.17, 15) is 14.4 Å². The molecule has 0 radical (unpaired) electrons. The minimum atomic E-state index is -0.838. The fourth-order valence-corrected chi connectivity index (χ4v) is 3.95. The highest BCUT2D eigenvalue weighted by Crippen LogP contribution is 2.24. The Labute approximate surface area is 197 Å². The Bertz CT molecular complexity index is 1230. The maximum absolute atomic E-state index is 12.4. The van der Waals surface area contributed by atoms with Crippen LogP contribution in [-0.4, -0.2) is 37.0 Å². The van der Waals surface area contributed by atoms with Crippen molar-refractivity contribution < 1.29 is 18.7 Å². The van der Waals surface area contributed by atoms with Crippen LogP contribution in [0.3, 0.4) is 0 Å². The Balaban J connectivity index is 1.31. The van der Waals surface area contributed by atoms with Crippen molar-refractivity contribution in [3.05, 3.63) is 70.1 Å². The minimum Gasteiger partial charge on any atom is -0.493 e. The average molecular weight is 465 g/mol. The van der Waals surface area contributed by atoms with E-state index in [-0.39, 0.29) is 11.1 Å².